The van der Waals surface area contributed by atoms with E-state index in [4.69, 9.17) is 0 Å². The molecular weight excluding hydrogens is 378 g/mol. The van der Waals surface area contributed by atoms with Gasteiger partial charge in [-0.1, -0.05) is 25.7 Å². The number of carbonyl (C=O) groups is 3. The van der Waals surface area contributed by atoms with Crippen molar-refractivity contribution in [3.8, 4) is 0 Å². The van der Waals surface area contributed by atoms with E-state index in [9.17, 15) is 24.0 Å². The van der Waals surface area contributed by atoms with E-state index < -0.39 is 17.8 Å². The Morgan fingerprint density at radius 2 is 1.28 bits per heavy atom. The molecule has 1 fully saturated rings. The molecule has 1 aliphatic rings. The summed E-state index contributed by atoms with van der Waals surface area (Å²) in [5.74, 6) is -1.19. The van der Waals surface area contributed by atoms with Crippen LogP contribution in [0.2, 0.25) is 0 Å². The predicted octanol–water partition coefficient (Wildman–Crippen LogP) is 1.99. The Hall–Kier alpha value is -2.96. The van der Waals surface area contributed by atoms with Gasteiger partial charge in [0.2, 0.25) is 23.9 Å². The van der Waals surface area contributed by atoms with E-state index >= 15 is 0 Å². The zero-order valence-electron chi connectivity index (χ0n) is 16.8. The molecule has 158 valence electrons. The molecule has 0 aromatic heterocycles. The van der Waals surface area contributed by atoms with Crippen LogP contribution in [-0.2, 0) is 19.2 Å². The maximum Gasteiger partial charge on any atom is 0.332 e. The van der Waals surface area contributed by atoms with Crippen LogP contribution in [0.3, 0.4) is 0 Å². The molecule has 10 heteroatoms. The first kappa shape index (κ1) is 24.1. The van der Waals surface area contributed by atoms with Gasteiger partial charge in [-0.3, -0.25) is 19.4 Å². The molecule has 29 heavy (non-hydrogen) atoms. The topological polar surface area (TPSA) is 129 Å². The molecule has 0 aromatic rings. The number of rotatable bonds is 14. The van der Waals surface area contributed by atoms with Gasteiger partial charge in [-0.25, -0.2) is 24.4 Å². The van der Waals surface area contributed by atoms with Crippen molar-refractivity contribution >= 4 is 35.8 Å². The lowest BCUT2D eigenvalue weighted by Crippen LogP contribution is -2.34. The Morgan fingerprint density at radius 1 is 0.793 bits per heavy atom. The lowest BCUT2D eigenvalue weighted by molar-refractivity contribution is -0.121. The largest absolute Gasteiger partial charge is 0.332 e. The number of amidine groups is 1. The SMILES string of the molecule is CC(=O)N=C1C(=O)N(CCCCCCN=C=O)C(=O)N1CCCCCCN=C=O. The van der Waals surface area contributed by atoms with Gasteiger partial charge in [-0.2, -0.15) is 4.99 Å². The van der Waals surface area contributed by atoms with Crippen LogP contribution < -0.4 is 0 Å². The highest BCUT2D eigenvalue weighted by molar-refractivity contribution is 6.47. The first-order chi connectivity index (χ1) is 14.0. The first-order valence-electron chi connectivity index (χ1n) is 9.82. The number of nitrogens with zero attached hydrogens (tertiary/aromatic N) is 5. The Kier molecular flexibility index (Phi) is 11.7. The van der Waals surface area contributed by atoms with E-state index in [1.165, 1.54) is 24.0 Å². The van der Waals surface area contributed by atoms with E-state index in [1.807, 2.05) is 0 Å². The average molecular weight is 405 g/mol. The summed E-state index contributed by atoms with van der Waals surface area (Å²) in [6.07, 6.45) is 8.98. The lowest BCUT2D eigenvalue weighted by atomic mass is 10.2. The third-order valence-electron chi connectivity index (χ3n) is 4.35. The minimum absolute atomic E-state index is 0.117. The van der Waals surface area contributed by atoms with Crippen LogP contribution in [0.4, 0.5) is 4.79 Å². The second kappa shape index (κ2) is 14.1. The smallest absolute Gasteiger partial charge is 0.273 e. The maximum atomic E-state index is 12.6. The van der Waals surface area contributed by atoms with Crippen molar-refractivity contribution in [1.82, 2.24) is 9.80 Å². The zero-order valence-corrected chi connectivity index (χ0v) is 16.8. The maximum absolute atomic E-state index is 12.6. The van der Waals surface area contributed by atoms with Crippen molar-refractivity contribution in [2.24, 2.45) is 15.0 Å². The summed E-state index contributed by atoms with van der Waals surface area (Å²) in [6.45, 7) is 2.65. The van der Waals surface area contributed by atoms with E-state index in [2.05, 4.69) is 15.0 Å². The molecule has 10 nitrogen and oxygen atoms in total. The molecule has 1 saturated heterocycles. The molecule has 0 atom stereocenters. The van der Waals surface area contributed by atoms with Crippen LogP contribution in [0, 0.1) is 0 Å². The fraction of sp³-hybridized carbons (Fsp3) is 0.684. The second-order valence-corrected chi connectivity index (χ2v) is 6.62. The fourth-order valence-corrected chi connectivity index (χ4v) is 2.94. The molecule has 0 bridgehead atoms. The zero-order chi connectivity index (χ0) is 21.5. The standard InChI is InChI=1S/C19H27N5O5/c1-16(27)22-17-18(28)24(13-9-5-3-7-11-21-15-26)19(29)23(17)12-8-4-2-6-10-20-14-25/h2-13H2,1H3. The normalized spacial score (nSPS) is 14.9. The van der Waals surface area contributed by atoms with Gasteiger partial charge in [0.15, 0.2) is 0 Å². The summed E-state index contributed by atoms with van der Waals surface area (Å²) in [7, 11) is 0. The van der Waals surface area contributed by atoms with Crippen molar-refractivity contribution in [2.75, 3.05) is 26.2 Å². The number of hydrogen-bond donors (Lipinski definition) is 0. The average Bonchev–Trinajstić information content (AvgIpc) is 2.90. The van der Waals surface area contributed by atoms with E-state index in [1.54, 1.807) is 0 Å². The highest BCUT2D eigenvalue weighted by Gasteiger charge is 2.41. The Labute approximate surface area is 169 Å². The summed E-state index contributed by atoms with van der Waals surface area (Å²) >= 11 is 0. The third kappa shape index (κ3) is 8.72. The van der Waals surface area contributed by atoms with Crippen LogP contribution in [0.1, 0.15) is 58.3 Å². The van der Waals surface area contributed by atoms with Crippen molar-refractivity contribution in [1.29, 1.82) is 0 Å². The van der Waals surface area contributed by atoms with Gasteiger partial charge in [0.1, 0.15) is 0 Å². The lowest BCUT2D eigenvalue weighted by Gasteiger charge is -2.16. The summed E-state index contributed by atoms with van der Waals surface area (Å²) in [6, 6.07) is -0.453. The van der Waals surface area contributed by atoms with Gasteiger partial charge in [0.05, 0.1) is 13.1 Å². The van der Waals surface area contributed by atoms with Crippen LogP contribution >= 0.6 is 0 Å². The fourth-order valence-electron chi connectivity index (χ4n) is 2.94. The van der Waals surface area contributed by atoms with Crippen LogP contribution in [0.25, 0.3) is 0 Å². The van der Waals surface area contributed by atoms with Gasteiger partial charge >= 0.3 is 6.03 Å². The van der Waals surface area contributed by atoms with Crippen LogP contribution in [0.5, 0.6) is 0 Å². The predicted molar refractivity (Wildman–Crippen MR) is 105 cm³/mol. The molecule has 0 unspecified atom stereocenters. The van der Waals surface area contributed by atoms with Crippen molar-refractivity contribution in [2.45, 2.75) is 58.3 Å². The van der Waals surface area contributed by atoms with Gasteiger partial charge < -0.3 is 0 Å². The summed E-state index contributed by atoms with van der Waals surface area (Å²) < 4.78 is 0. The molecule has 0 radical (unpaired) electrons. The Bertz CT molecular complexity index is 708. The first-order valence-corrected chi connectivity index (χ1v) is 9.82. The second-order valence-electron chi connectivity index (χ2n) is 6.62. The highest BCUT2D eigenvalue weighted by atomic mass is 16.2. The molecule has 1 rings (SSSR count). The van der Waals surface area contributed by atoms with Crippen LogP contribution in [0.15, 0.2) is 15.0 Å². The molecule has 0 aliphatic carbocycles. The van der Waals surface area contributed by atoms with Crippen molar-refractivity contribution in [3.63, 3.8) is 0 Å². The Morgan fingerprint density at radius 3 is 1.76 bits per heavy atom. The molecule has 4 amide bonds. The number of amides is 4. The Balaban J connectivity index is 2.55. The third-order valence-corrected chi connectivity index (χ3v) is 4.35. The molecule has 1 heterocycles. The number of isocyanates is 2. The molecule has 0 N–H and O–H groups in total. The van der Waals surface area contributed by atoms with Gasteiger partial charge in [0.25, 0.3) is 5.91 Å². The summed E-state index contributed by atoms with van der Waals surface area (Å²) in [4.78, 5) is 69.7. The number of imide groups is 1. The van der Waals surface area contributed by atoms with Gasteiger partial charge in [-0.15, -0.1) is 0 Å². The van der Waals surface area contributed by atoms with E-state index in [-0.39, 0.29) is 12.4 Å². The number of unbranched alkanes of at least 4 members (excludes halogenated alkanes) is 6. The monoisotopic (exact) mass is 405 g/mol. The minimum Gasteiger partial charge on any atom is -0.273 e. The molecule has 1 aliphatic heterocycles. The van der Waals surface area contributed by atoms with E-state index in [0.29, 0.717) is 32.5 Å². The quantitative estimate of drug-likeness (QED) is 0.189. The summed E-state index contributed by atoms with van der Waals surface area (Å²) in [5, 5.41) is 0. The van der Waals surface area contributed by atoms with Gasteiger partial charge in [-0.05, 0) is 25.7 Å². The number of aliphatic imine (C=N–C) groups is 3. The molecular formula is C19H27N5O5. The molecule has 0 aromatic carbocycles. The van der Waals surface area contributed by atoms with Crippen molar-refractivity contribution < 1.29 is 24.0 Å². The minimum atomic E-state index is -0.545. The van der Waals surface area contributed by atoms with Gasteiger partial charge in [0, 0.05) is 20.0 Å². The van der Waals surface area contributed by atoms with Crippen molar-refractivity contribution in [3.05, 3.63) is 0 Å². The molecule has 0 spiro atoms. The molecule has 0 saturated carbocycles. The number of urea groups is 1. The highest BCUT2D eigenvalue weighted by Crippen LogP contribution is 2.17. The van der Waals surface area contributed by atoms with Crippen LogP contribution in [-0.4, -0.2) is 71.8 Å². The number of hydrogen-bond acceptors (Lipinski definition) is 7. The summed E-state index contributed by atoms with van der Waals surface area (Å²) in [5.41, 5.74) is 0. The number of carbonyl (C=O) groups excluding carboxylic acids is 5. The van der Waals surface area contributed by atoms with E-state index in [0.717, 1.165) is 43.4 Å².